The number of thiophene rings is 1. The molecule has 0 aliphatic rings. The average Bonchev–Trinajstić information content (AvgIpc) is 2.77. The molecular weight excluding hydrogens is 355 g/mol. The van der Waals surface area contributed by atoms with Crippen molar-refractivity contribution in [2.45, 2.75) is 0 Å². The van der Waals surface area contributed by atoms with Crippen LogP contribution in [0.15, 0.2) is 35.1 Å². The van der Waals surface area contributed by atoms with Gasteiger partial charge < -0.3 is 0 Å². The first-order valence-corrected chi connectivity index (χ1v) is 7.37. The second-order valence-electron chi connectivity index (χ2n) is 3.61. The number of aromatic nitrogens is 2. The highest BCUT2D eigenvalue weighted by molar-refractivity contribution is 9.10. The van der Waals surface area contributed by atoms with Crippen LogP contribution in [0.2, 0.25) is 10.2 Å². The molecule has 0 bridgehead atoms. The van der Waals surface area contributed by atoms with E-state index >= 15 is 0 Å². The van der Waals surface area contributed by atoms with Crippen molar-refractivity contribution in [3.8, 4) is 10.4 Å². The molecule has 0 unspecified atom stereocenters. The summed E-state index contributed by atoms with van der Waals surface area (Å²) in [5.74, 6) is 0. The van der Waals surface area contributed by atoms with E-state index in [9.17, 15) is 0 Å². The molecule has 0 spiro atoms. The number of benzene rings is 1. The molecule has 0 amide bonds. The Labute approximate surface area is 126 Å². The minimum atomic E-state index is 0.474. The molecule has 0 fully saturated rings. The molecule has 2 aromatic heterocycles. The van der Waals surface area contributed by atoms with Gasteiger partial charge in [0.15, 0.2) is 0 Å². The van der Waals surface area contributed by atoms with Gasteiger partial charge in [0.25, 0.3) is 0 Å². The molecule has 0 saturated heterocycles. The molecule has 0 radical (unpaired) electrons. The lowest BCUT2D eigenvalue weighted by Gasteiger charge is -2.01. The first kappa shape index (κ1) is 12.4. The molecule has 3 aromatic rings. The summed E-state index contributed by atoms with van der Waals surface area (Å²) in [5.41, 5.74) is 1.80. The van der Waals surface area contributed by atoms with Crippen LogP contribution >= 0.6 is 50.5 Å². The molecule has 0 aliphatic heterocycles. The van der Waals surface area contributed by atoms with E-state index in [1.807, 2.05) is 24.3 Å². The zero-order chi connectivity index (χ0) is 12.7. The van der Waals surface area contributed by atoms with Crippen LogP contribution in [0, 0.1) is 0 Å². The first-order valence-electron chi connectivity index (χ1n) is 5.00. The average molecular weight is 360 g/mol. The van der Waals surface area contributed by atoms with Crippen molar-refractivity contribution in [2.75, 3.05) is 0 Å². The van der Waals surface area contributed by atoms with Crippen molar-refractivity contribution >= 4 is 60.7 Å². The third-order valence-corrected chi connectivity index (χ3v) is 4.85. The second-order valence-corrected chi connectivity index (χ2v) is 6.35. The third kappa shape index (κ3) is 2.14. The van der Waals surface area contributed by atoms with Gasteiger partial charge in [0.1, 0.15) is 11.5 Å². The summed E-state index contributed by atoms with van der Waals surface area (Å²) in [6.45, 7) is 0. The van der Waals surface area contributed by atoms with Crippen molar-refractivity contribution in [1.82, 2.24) is 9.97 Å². The topological polar surface area (TPSA) is 25.8 Å². The fourth-order valence-corrected chi connectivity index (χ4v) is 3.56. The third-order valence-electron chi connectivity index (χ3n) is 2.46. The predicted molar refractivity (Wildman–Crippen MR) is 80.6 cm³/mol. The normalized spacial score (nSPS) is 11.1. The van der Waals surface area contributed by atoms with Gasteiger partial charge in [0.05, 0.1) is 10.2 Å². The fourth-order valence-electron chi connectivity index (χ4n) is 1.64. The van der Waals surface area contributed by atoms with Crippen molar-refractivity contribution in [2.24, 2.45) is 0 Å². The molecule has 0 atom stereocenters. The van der Waals surface area contributed by atoms with E-state index in [1.165, 1.54) is 17.7 Å². The summed E-state index contributed by atoms with van der Waals surface area (Å²) in [4.78, 5) is 9.20. The Kier molecular flexibility index (Phi) is 3.28. The monoisotopic (exact) mass is 358 g/mol. The van der Waals surface area contributed by atoms with Crippen molar-refractivity contribution in [1.29, 1.82) is 0 Å². The van der Waals surface area contributed by atoms with Crippen LogP contribution in [0.1, 0.15) is 0 Å². The lowest BCUT2D eigenvalue weighted by atomic mass is 10.2. The summed E-state index contributed by atoms with van der Waals surface area (Å²) in [6.07, 6.45) is 1.46. The van der Waals surface area contributed by atoms with Gasteiger partial charge in [0.2, 0.25) is 0 Å². The highest BCUT2D eigenvalue weighted by Gasteiger charge is 2.11. The van der Waals surface area contributed by atoms with Gasteiger partial charge >= 0.3 is 0 Å². The zero-order valence-corrected chi connectivity index (χ0v) is 12.7. The molecule has 0 N–H and O–H groups in total. The predicted octanol–water partition coefficient (Wildman–Crippen LogP) is 5.43. The van der Waals surface area contributed by atoms with Crippen LogP contribution in [0.4, 0.5) is 0 Å². The van der Waals surface area contributed by atoms with Crippen molar-refractivity contribution in [3.05, 3.63) is 45.2 Å². The molecule has 1 aromatic carbocycles. The van der Waals surface area contributed by atoms with Crippen LogP contribution in [-0.4, -0.2) is 9.97 Å². The van der Waals surface area contributed by atoms with E-state index in [2.05, 4.69) is 25.9 Å². The van der Waals surface area contributed by atoms with Crippen molar-refractivity contribution in [3.63, 3.8) is 0 Å². The molecule has 90 valence electrons. The van der Waals surface area contributed by atoms with E-state index < -0.39 is 0 Å². The molecule has 18 heavy (non-hydrogen) atoms. The van der Waals surface area contributed by atoms with Gasteiger partial charge in [-0.25, -0.2) is 9.97 Å². The second kappa shape index (κ2) is 4.78. The minimum Gasteiger partial charge on any atom is -0.235 e. The number of rotatable bonds is 1. The standard InChI is InChI=1S/C12H5BrCl2N2S/c13-6-1-2-8(14)7(3-6)10-4-9-11(18-10)12(15)17-5-16-9/h1-5H. The maximum atomic E-state index is 6.21. The Morgan fingerprint density at radius 1 is 1.11 bits per heavy atom. The summed E-state index contributed by atoms with van der Waals surface area (Å²) < 4.78 is 1.86. The van der Waals surface area contributed by atoms with E-state index in [-0.39, 0.29) is 0 Å². The number of hydrogen-bond acceptors (Lipinski definition) is 3. The van der Waals surface area contributed by atoms with E-state index in [0.29, 0.717) is 10.2 Å². The Bertz CT molecular complexity index is 742. The smallest absolute Gasteiger partial charge is 0.150 e. The summed E-state index contributed by atoms with van der Waals surface area (Å²) in [7, 11) is 0. The Morgan fingerprint density at radius 2 is 1.94 bits per heavy atom. The Hall–Kier alpha value is -0.680. The number of fused-ring (bicyclic) bond motifs is 1. The van der Waals surface area contributed by atoms with E-state index in [1.54, 1.807) is 0 Å². The number of hydrogen-bond donors (Lipinski definition) is 0. The highest BCUT2D eigenvalue weighted by atomic mass is 79.9. The largest absolute Gasteiger partial charge is 0.235 e. The van der Waals surface area contributed by atoms with Crippen molar-refractivity contribution < 1.29 is 0 Å². The van der Waals surface area contributed by atoms with Crippen LogP contribution in [0.5, 0.6) is 0 Å². The maximum absolute atomic E-state index is 6.21. The molecule has 0 aliphatic carbocycles. The van der Waals surface area contributed by atoms with E-state index in [4.69, 9.17) is 23.2 Å². The lowest BCUT2D eigenvalue weighted by Crippen LogP contribution is -1.77. The Morgan fingerprint density at radius 3 is 2.72 bits per heavy atom. The molecule has 3 rings (SSSR count). The fraction of sp³-hybridized carbons (Fsp3) is 0. The van der Waals surface area contributed by atoms with Gasteiger partial charge in [0, 0.05) is 19.9 Å². The van der Waals surface area contributed by atoms with Gasteiger partial charge in [-0.15, -0.1) is 11.3 Å². The molecule has 2 heterocycles. The highest BCUT2D eigenvalue weighted by Crippen LogP contribution is 2.39. The molecule has 2 nitrogen and oxygen atoms in total. The minimum absolute atomic E-state index is 0.474. The number of nitrogens with zero attached hydrogens (tertiary/aromatic N) is 2. The summed E-state index contributed by atoms with van der Waals surface area (Å²) >= 11 is 17.2. The lowest BCUT2D eigenvalue weighted by molar-refractivity contribution is 1.23. The Balaban J connectivity index is 2.26. The quantitative estimate of drug-likeness (QED) is 0.541. The summed E-state index contributed by atoms with van der Waals surface area (Å²) in [6, 6.07) is 7.72. The zero-order valence-electron chi connectivity index (χ0n) is 8.82. The van der Waals surface area contributed by atoms with Gasteiger partial charge in [-0.2, -0.15) is 0 Å². The maximum Gasteiger partial charge on any atom is 0.150 e. The van der Waals surface area contributed by atoms with Gasteiger partial charge in [-0.3, -0.25) is 0 Å². The van der Waals surface area contributed by atoms with Crippen LogP contribution in [0.25, 0.3) is 20.7 Å². The van der Waals surface area contributed by atoms with Crippen LogP contribution in [-0.2, 0) is 0 Å². The summed E-state index contributed by atoms with van der Waals surface area (Å²) in [5, 5.41) is 1.18. The number of halogens is 3. The van der Waals surface area contributed by atoms with Crippen LogP contribution in [0.3, 0.4) is 0 Å². The molecule has 0 saturated carbocycles. The van der Waals surface area contributed by atoms with Gasteiger partial charge in [-0.05, 0) is 24.3 Å². The first-order chi connectivity index (χ1) is 8.65. The SMILES string of the molecule is Clc1ccc(Br)cc1-c1cc2ncnc(Cl)c2s1. The van der Waals surface area contributed by atoms with Crippen LogP contribution < -0.4 is 0 Å². The van der Waals surface area contributed by atoms with Gasteiger partial charge in [-0.1, -0.05) is 39.1 Å². The molecule has 6 heteroatoms. The van der Waals surface area contributed by atoms with E-state index in [0.717, 1.165) is 25.1 Å². The molecular formula is C12H5BrCl2N2S.